The summed E-state index contributed by atoms with van der Waals surface area (Å²) in [5, 5.41) is 11.1. The molecule has 3 aromatic rings. The van der Waals surface area contributed by atoms with Crippen LogP contribution in [0.2, 0.25) is 0 Å². The molecule has 0 saturated heterocycles. The van der Waals surface area contributed by atoms with Crippen LogP contribution in [0.1, 0.15) is 17.0 Å². The van der Waals surface area contributed by atoms with Crippen LogP contribution in [-0.2, 0) is 13.1 Å². The molecule has 0 aliphatic carbocycles. The maximum Gasteiger partial charge on any atom is 0.258 e. The smallest absolute Gasteiger partial charge is 0.258 e. The van der Waals surface area contributed by atoms with E-state index in [0.717, 1.165) is 11.3 Å². The van der Waals surface area contributed by atoms with Crippen molar-refractivity contribution in [2.75, 3.05) is 7.05 Å². The number of hydrogen-bond acceptors (Lipinski definition) is 5. The monoisotopic (exact) mass is 284 g/mol. The van der Waals surface area contributed by atoms with Gasteiger partial charge in [-0.25, -0.2) is 9.67 Å². The van der Waals surface area contributed by atoms with Crippen LogP contribution in [0.4, 0.5) is 0 Å². The molecule has 0 spiro atoms. The normalized spacial score (nSPS) is 11.1. The number of aryl methyl sites for hydroxylation is 1. The Labute approximate surface area is 121 Å². The molecule has 108 valence electrons. The number of pyridine rings is 1. The predicted octanol–water partition coefficient (Wildman–Crippen LogP) is 0.362. The Kier molecular flexibility index (Phi) is 3.49. The fraction of sp³-hybridized carbons (Fsp3) is 0.286. The van der Waals surface area contributed by atoms with Gasteiger partial charge in [-0.2, -0.15) is 0 Å². The van der Waals surface area contributed by atoms with Gasteiger partial charge in [0.2, 0.25) is 0 Å². The van der Waals surface area contributed by atoms with Gasteiger partial charge in [0.1, 0.15) is 5.65 Å². The Morgan fingerprint density at radius 1 is 1.33 bits per heavy atom. The second-order valence-electron chi connectivity index (χ2n) is 4.91. The molecule has 0 saturated carbocycles. The minimum absolute atomic E-state index is 0.0886. The number of nitrogens with one attached hydrogen (secondary N) is 1. The van der Waals surface area contributed by atoms with Gasteiger partial charge in [-0.1, -0.05) is 11.3 Å². The molecule has 0 amide bonds. The molecular weight excluding hydrogens is 268 g/mol. The van der Waals surface area contributed by atoms with Crippen molar-refractivity contribution in [3.8, 4) is 0 Å². The van der Waals surface area contributed by atoms with E-state index in [0.29, 0.717) is 24.4 Å². The number of nitrogens with zero attached hydrogens (tertiary/aromatic N) is 5. The highest BCUT2D eigenvalue weighted by atomic mass is 16.1. The Morgan fingerprint density at radius 2 is 2.19 bits per heavy atom. The summed E-state index contributed by atoms with van der Waals surface area (Å²) < 4.78 is 3.23. The quantitative estimate of drug-likeness (QED) is 0.748. The number of fused-ring (bicyclic) bond motifs is 1. The van der Waals surface area contributed by atoms with Crippen LogP contribution in [0.15, 0.2) is 35.4 Å². The van der Waals surface area contributed by atoms with Gasteiger partial charge in [0.25, 0.3) is 5.56 Å². The van der Waals surface area contributed by atoms with E-state index in [1.807, 2.05) is 32.3 Å². The first-order chi connectivity index (χ1) is 10.2. The molecular formula is C14H16N6O. The van der Waals surface area contributed by atoms with E-state index >= 15 is 0 Å². The van der Waals surface area contributed by atoms with Gasteiger partial charge in [-0.05, 0) is 25.6 Å². The lowest BCUT2D eigenvalue weighted by molar-refractivity contribution is 0.636. The van der Waals surface area contributed by atoms with Gasteiger partial charge in [-0.3, -0.25) is 9.20 Å². The Balaban J connectivity index is 1.97. The van der Waals surface area contributed by atoms with Crippen molar-refractivity contribution in [2.45, 2.75) is 20.0 Å². The molecule has 0 bridgehead atoms. The molecule has 3 heterocycles. The third-order valence-electron chi connectivity index (χ3n) is 3.21. The fourth-order valence-electron chi connectivity index (χ4n) is 2.23. The van der Waals surface area contributed by atoms with Crippen molar-refractivity contribution in [3.05, 3.63) is 57.9 Å². The molecule has 7 heteroatoms. The Bertz CT molecular complexity index is 835. The number of hydrogen-bond donors (Lipinski definition) is 1. The summed E-state index contributed by atoms with van der Waals surface area (Å²) in [6.07, 6.45) is 3.57. The summed E-state index contributed by atoms with van der Waals surface area (Å²) in [5.74, 6) is 0. The molecule has 0 unspecified atom stereocenters. The second-order valence-corrected chi connectivity index (χ2v) is 4.91. The van der Waals surface area contributed by atoms with Crippen molar-refractivity contribution < 1.29 is 0 Å². The maximum atomic E-state index is 12.1. The van der Waals surface area contributed by atoms with E-state index in [-0.39, 0.29) is 5.56 Å². The summed E-state index contributed by atoms with van der Waals surface area (Å²) in [6.45, 7) is 3.02. The molecule has 3 rings (SSSR count). The molecule has 0 atom stereocenters. The Morgan fingerprint density at radius 3 is 3.00 bits per heavy atom. The minimum atomic E-state index is -0.0886. The van der Waals surface area contributed by atoms with E-state index < -0.39 is 0 Å². The highest BCUT2D eigenvalue weighted by Crippen LogP contribution is 2.06. The van der Waals surface area contributed by atoms with Crippen molar-refractivity contribution in [3.63, 3.8) is 0 Å². The van der Waals surface area contributed by atoms with E-state index in [9.17, 15) is 4.79 Å². The third kappa shape index (κ3) is 2.68. The van der Waals surface area contributed by atoms with Gasteiger partial charge in [0.15, 0.2) is 0 Å². The van der Waals surface area contributed by atoms with Gasteiger partial charge in [0.05, 0.1) is 24.1 Å². The molecule has 1 N–H and O–H groups in total. The highest BCUT2D eigenvalue weighted by molar-refractivity contribution is 5.46. The summed E-state index contributed by atoms with van der Waals surface area (Å²) in [5.41, 5.74) is 3.08. The largest absolute Gasteiger partial charge is 0.314 e. The lowest BCUT2D eigenvalue weighted by Crippen LogP contribution is -2.17. The lowest BCUT2D eigenvalue weighted by atomic mass is 10.3. The van der Waals surface area contributed by atoms with Gasteiger partial charge >= 0.3 is 0 Å². The van der Waals surface area contributed by atoms with Crippen molar-refractivity contribution in [1.82, 2.24) is 29.7 Å². The van der Waals surface area contributed by atoms with Gasteiger partial charge in [-0.15, -0.1) is 5.10 Å². The van der Waals surface area contributed by atoms with Crippen LogP contribution in [0.25, 0.3) is 5.65 Å². The first-order valence-corrected chi connectivity index (χ1v) is 6.69. The topological polar surface area (TPSA) is 77.1 Å². The predicted molar refractivity (Wildman–Crippen MR) is 78.1 cm³/mol. The fourth-order valence-corrected chi connectivity index (χ4v) is 2.23. The summed E-state index contributed by atoms with van der Waals surface area (Å²) in [6, 6.07) is 5.31. The third-order valence-corrected chi connectivity index (χ3v) is 3.21. The average molecular weight is 284 g/mol. The second kappa shape index (κ2) is 5.45. The standard InChI is InChI=1S/C14H16N6O/c1-10-4-3-5-20-13(21)6-11(16-14(10)20)8-19-9-12(7-15-2)17-18-19/h3-6,9,15H,7-8H2,1-2H3. The van der Waals surface area contributed by atoms with Crippen LogP contribution in [0.5, 0.6) is 0 Å². The van der Waals surface area contributed by atoms with Crippen molar-refractivity contribution >= 4 is 5.65 Å². The maximum absolute atomic E-state index is 12.1. The number of aromatic nitrogens is 5. The molecule has 21 heavy (non-hydrogen) atoms. The molecule has 0 aliphatic heterocycles. The first-order valence-electron chi connectivity index (χ1n) is 6.69. The lowest BCUT2D eigenvalue weighted by Gasteiger charge is -2.05. The van der Waals surface area contributed by atoms with Crippen molar-refractivity contribution in [1.29, 1.82) is 0 Å². The van der Waals surface area contributed by atoms with E-state index in [2.05, 4.69) is 20.6 Å². The summed E-state index contributed by atoms with van der Waals surface area (Å²) in [4.78, 5) is 16.7. The Hall–Kier alpha value is -2.54. The van der Waals surface area contributed by atoms with E-state index in [1.54, 1.807) is 15.3 Å². The molecule has 0 aliphatic rings. The molecule has 3 aromatic heterocycles. The zero-order valence-electron chi connectivity index (χ0n) is 11.9. The molecule has 7 nitrogen and oxygen atoms in total. The zero-order valence-corrected chi connectivity index (χ0v) is 11.9. The summed E-state index contributed by atoms with van der Waals surface area (Å²) >= 11 is 0. The van der Waals surface area contributed by atoms with Gasteiger partial charge in [0, 0.05) is 18.8 Å². The number of rotatable bonds is 4. The van der Waals surface area contributed by atoms with Crippen molar-refractivity contribution in [2.24, 2.45) is 0 Å². The van der Waals surface area contributed by atoms with Crippen LogP contribution in [0, 0.1) is 6.92 Å². The SMILES string of the molecule is CNCc1cn(Cc2cc(=O)n3cccc(C)c3n2)nn1. The molecule has 0 aromatic carbocycles. The minimum Gasteiger partial charge on any atom is -0.314 e. The first kappa shape index (κ1) is 13.4. The van der Waals surface area contributed by atoms with Crippen LogP contribution in [-0.4, -0.2) is 31.4 Å². The van der Waals surface area contributed by atoms with E-state index in [4.69, 9.17) is 0 Å². The highest BCUT2D eigenvalue weighted by Gasteiger charge is 2.06. The van der Waals surface area contributed by atoms with Crippen LogP contribution in [0.3, 0.4) is 0 Å². The van der Waals surface area contributed by atoms with E-state index in [1.165, 1.54) is 6.07 Å². The van der Waals surface area contributed by atoms with Crippen LogP contribution >= 0.6 is 0 Å². The van der Waals surface area contributed by atoms with Gasteiger partial charge < -0.3 is 5.32 Å². The molecule has 0 radical (unpaired) electrons. The molecule has 0 fully saturated rings. The zero-order chi connectivity index (χ0) is 14.8. The summed E-state index contributed by atoms with van der Waals surface area (Å²) in [7, 11) is 1.85. The average Bonchev–Trinajstić information content (AvgIpc) is 2.88. The van der Waals surface area contributed by atoms with Crippen LogP contribution < -0.4 is 10.9 Å².